The first-order chi connectivity index (χ1) is 10.3. The Morgan fingerprint density at radius 1 is 1.19 bits per heavy atom. The number of ether oxygens (including phenoxy) is 2. The van der Waals surface area contributed by atoms with Crippen molar-refractivity contribution in [3.63, 3.8) is 0 Å². The largest absolute Gasteiger partial charge is 0.454 e. The predicted molar refractivity (Wildman–Crippen MR) is 83.4 cm³/mol. The van der Waals surface area contributed by atoms with Gasteiger partial charge in [0.1, 0.15) is 0 Å². The van der Waals surface area contributed by atoms with E-state index < -0.39 is 0 Å². The van der Waals surface area contributed by atoms with Crippen molar-refractivity contribution in [2.45, 2.75) is 12.6 Å². The van der Waals surface area contributed by atoms with Gasteiger partial charge < -0.3 is 19.9 Å². The van der Waals surface area contributed by atoms with E-state index in [0.29, 0.717) is 6.54 Å². The highest BCUT2D eigenvalue weighted by atomic mass is 79.9. The summed E-state index contributed by atoms with van der Waals surface area (Å²) < 4.78 is 11.7. The van der Waals surface area contributed by atoms with Gasteiger partial charge in [0.15, 0.2) is 11.5 Å². The zero-order chi connectivity index (χ0) is 14.7. The summed E-state index contributed by atoms with van der Waals surface area (Å²) >= 11 is 3.48. The highest BCUT2D eigenvalue weighted by Gasteiger charge is 2.18. The lowest BCUT2D eigenvalue weighted by Crippen LogP contribution is -2.23. The van der Waals surface area contributed by atoms with Crippen LogP contribution in [0.3, 0.4) is 0 Å². The van der Waals surface area contributed by atoms with E-state index in [1.807, 2.05) is 42.5 Å². The zero-order valence-electron chi connectivity index (χ0n) is 11.4. The number of benzene rings is 2. The molecule has 3 rings (SSSR count). The smallest absolute Gasteiger partial charge is 0.231 e. The molecule has 4 nitrogen and oxygen atoms in total. The van der Waals surface area contributed by atoms with Crippen LogP contribution in [0.5, 0.6) is 11.5 Å². The van der Waals surface area contributed by atoms with Crippen LogP contribution in [-0.4, -0.2) is 18.5 Å². The van der Waals surface area contributed by atoms with Crippen molar-refractivity contribution in [2.75, 3.05) is 13.4 Å². The van der Waals surface area contributed by atoms with Crippen LogP contribution in [0.2, 0.25) is 0 Å². The normalized spacial score (nSPS) is 14.2. The van der Waals surface area contributed by atoms with Crippen LogP contribution in [0.1, 0.15) is 17.2 Å². The topological polar surface area (TPSA) is 50.7 Å². The summed E-state index contributed by atoms with van der Waals surface area (Å²) in [6.07, 6.45) is 0. The van der Waals surface area contributed by atoms with Crippen molar-refractivity contribution in [3.8, 4) is 11.5 Å². The number of aliphatic hydroxyl groups is 1. The number of fused-ring (bicyclic) bond motifs is 1. The van der Waals surface area contributed by atoms with Crippen molar-refractivity contribution >= 4 is 15.9 Å². The first-order valence-electron chi connectivity index (χ1n) is 6.75. The number of halogens is 1. The highest BCUT2D eigenvalue weighted by Crippen LogP contribution is 2.40. The maximum Gasteiger partial charge on any atom is 0.231 e. The van der Waals surface area contributed by atoms with Crippen molar-refractivity contribution in [2.24, 2.45) is 0 Å². The molecule has 110 valence electrons. The van der Waals surface area contributed by atoms with E-state index >= 15 is 0 Å². The van der Waals surface area contributed by atoms with Gasteiger partial charge in [-0.2, -0.15) is 0 Å². The molecule has 5 heteroatoms. The van der Waals surface area contributed by atoms with Gasteiger partial charge in [0.05, 0.1) is 17.1 Å². The van der Waals surface area contributed by atoms with Gasteiger partial charge >= 0.3 is 0 Å². The van der Waals surface area contributed by atoms with E-state index in [9.17, 15) is 5.11 Å². The number of hydrogen-bond donors (Lipinski definition) is 2. The maximum atomic E-state index is 9.55. The SMILES string of the molecule is OCC(NCc1cc(Br)c2c(c1)OCO2)c1ccccc1. The molecular weight excluding hydrogens is 334 g/mol. The summed E-state index contributed by atoms with van der Waals surface area (Å²) in [5, 5.41) is 12.9. The van der Waals surface area contributed by atoms with Gasteiger partial charge in [0, 0.05) is 6.54 Å². The molecule has 2 N–H and O–H groups in total. The molecule has 0 aromatic heterocycles. The van der Waals surface area contributed by atoms with E-state index in [2.05, 4.69) is 21.2 Å². The second kappa shape index (κ2) is 6.47. The number of rotatable bonds is 5. The molecule has 0 saturated carbocycles. The monoisotopic (exact) mass is 349 g/mol. The third-order valence-corrected chi connectivity index (χ3v) is 4.01. The molecule has 0 fully saturated rings. The molecule has 1 aliphatic rings. The highest BCUT2D eigenvalue weighted by molar-refractivity contribution is 9.10. The molecule has 1 atom stereocenters. The molecule has 21 heavy (non-hydrogen) atoms. The molecule has 1 unspecified atom stereocenters. The number of nitrogens with one attached hydrogen (secondary N) is 1. The number of hydrogen-bond acceptors (Lipinski definition) is 4. The van der Waals surface area contributed by atoms with Gasteiger partial charge in [-0.15, -0.1) is 0 Å². The lowest BCUT2D eigenvalue weighted by atomic mass is 10.1. The lowest BCUT2D eigenvalue weighted by Gasteiger charge is -2.17. The Hall–Kier alpha value is -1.56. The molecule has 0 aliphatic carbocycles. The van der Waals surface area contributed by atoms with Gasteiger partial charge in [-0.25, -0.2) is 0 Å². The molecule has 2 aromatic rings. The molecular formula is C16H16BrNO3. The second-order valence-electron chi connectivity index (χ2n) is 4.84. The maximum absolute atomic E-state index is 9.55. The minimum atomic E-state index is -0.0876. The third kappa shape index (κ3) is 3.20. The van der Waals surface area contributed by atoms with E-state index in [0.717, 1.165) is 27.1 Å². The number of aliphatic hydroxyl groups excluding tert-OH is 1. The fourth-order valence-corrected chi connectivity index (χ4v) is 2.94. The van der Waals surface area contributed by atoms with Crippen LogP contribution in [0.25, 0.3) is 0 Å². The van der Waals surface area contributed by atoms with Crippen molar-refractivity contribution in [1.82, 2.24) is 5.32 Å². The van der Waals surface area contributed by atoms with E-state index in [1.54, 1.807) is 0 Å². The summed E-state index contributed by atoms with van der Waals surface area (Å²) in [6, 6.07) is 13.8. The van der Waals surface area contributed by atoms with Gasteiger partial charge in [-0.05, 0) is 39.2 Å². The Bertz CT molecular complexity index is 618. The van der Waals surface area contributed by atoms with Crippen molar-refractivity contribution in [3.05, 3.63) is 58.1 Å². The minimum Gasteiger partial charge on any atom is -0.454 e. The summed E-state index contributed by atoms with van der Waals surface area (Å²) in [5.41, 5.74) is 2.14. The third-order valence-electron chi connectivity index (χ3n) is 3.42. The predicted octanol–water partition coefficient (Wildman–Crippen LogP) is 3.00. The van der Waals surface area contributed by atoms with Crippen LogP contribution in [0, 0.1) is 0 Å². The molecule has 0 spiro atoms. The first-order valence-corrected chi connectivity index (χ1v) is 7.54. The van der Waals surface area contributed by atoms with Crippen LogP contribution < -0.4 is 14.8 Å². The van der Waals surface area contributed by atoms with E-state index in [1.165, 1.54) is 0 Å². The summed E-state index contributed by atoms with van der Waals surface area (Å²) in [7, 11) is 0. The van der Waals surface area contributed by atoms with Crippen LogP contribution in [0.15, 0.2) is 46.9 Å². The summed E-state index contributed by atoms with van der Waals surface area (Å²) in [6.45, 7) is 0.944. The molecule has 0 saturated heterocycles. The Balaban J connectivity index is 1.71. The Morgan fingerprint density at radius 2 is 2.00 bits per heavy atom. The summed E-state index contributed by atoms with van der Waals surface area (Å²) in [5.74, 6) is 1.50. The molecule has 0 amide bonds. The Kier molecular flexibility index (Phi) is 4.43. The molecule has 2 aromatic carbocycles. The molecule has 0 radical (unpaired) electrons. The zero-order valence-corrected chi connectivity index (χ0v) is 13.0. The van der Waals surface area contributed by atoms with Crippen LogP contribution in [-0.2, 0) is 6.54 Å². The lowest BCUT2D eigenvalue weighted by molar-refractivity contribution is 0.173. The summed E-state index contributed by atoms with van der Waals surface area (Å²) in [4.78, 5) is 0. The minimum absolute atomic E-state index is 0.0513. The van der Waals surface area contributed by atoms with Gasteiger partial charge in [0.25, 0.3) is 0 Å². The Labute approximate surface area is 131 Å². The quantitative estimate of drug-likeness (QED) is 0.871. The van der Waals surface area contributed by atoms with E-state index in [4.69, 9.17) is 9.47 Å². The van der Waals surface area contributed by atoms with Gasteiger partial charge in [-0.1, -0.05) is 30.3 Å². The van der Waals surface area contributed by atoms with E-state index in [-0.39, 0.29) is 19.4 Å². The average Bonchev–Trinajstić information content (AvgIpc) is 2.98. The van der Waals surface area contributed by atoms with Crippen molar-refractivity contribution < 1.29 is 14.6 Å². The van der Waals surface area contributed by atoms with Gasteiger partial charge in [-0.3, -0.25) is 0 Å². The Morgan fingerprint density at radius 3 is 2.76 bits per heavy atom. The molecule has 1 heterocycles. The fraction of sp³-hybridized carbons (Fsp3) is 0.250. The average molecular weight is 350 g/mol. The molecule has 0 bridgehead atoms. The first kappa shape index (κ1) is 14.4. The van der Waals surface area contributed by atoms with Crippen molar-refractivity contribution in [1.29, 1.82) is 0 Å². The fourth-order valence-electron chi connectivity index (χ4n) is 2.34. The van der Waals surface area contributed by atoms with Crippen LogP contribution in [0.4, 0.5) is 0 Å². The second-order valence-corrected chi connectivity index (χ2v) is 5.69. The molecule has 1 aliphatic heterocycles. The van der Waals surface area contributed by atoms with Crippen LogP contribution >= 0.6 is 15.9 Å². The standard InChI is InChI=1S/C16H16BrNO3/c17-13-6-11(7-15-16(13)21-10-20-15)8-18-14(9-19)12-4-2-1-3-5-12/h1-7,14,18-19H,8-10H2. The van der Waals surface area contributed by atoms with Gasteiger partial charge in [0.2, 0.25) is 6.79 Å².